The molecule has 0 saturated heterocycles. The van der Waals surface area contributed by atoms with Gasteiger partial charge in [-0.3, -0.25) is 4.79 Å². The lowest BCUT2D eigenvalue weighted by Crippen LogP contribution is -2.12. The molecule has 0 spiro atoms. The molecule has 0 aliphatic rings. The molecule has 2 N–H and O–H groups in total. The lowest BCUT2D eigenvalue weighted by Gasteiger charge is -2.19. The Morgan fingerprint density at radius 3 is 1.96 bits per heavy atom. The molecule has 5 aromatic rings. The van der Waals surface area contributed by atoms with Gasteiger partial charge in [-0.2, -0.15) is 0 Å². The van der Waals surface area contributed by atoms with Crippen LogP contribution in [0.5, 0.6) is 0 Å². The molecular formula is C21H9Cl4NO. The van der Waals surface area contributed by atoms with E-state index in [9.17, 15) is 4.79 Å². The first-order chi connectivity index (χ1) is 12.9. The maximum absolute atomic E-state index is 12.0. The minimum Gasteiger partial charge on any atom is -0.366 e. The molecular weight excluding hydrogens is 424 g/mol. The van der Waals surface area contributed by atoms with E-state index in [0.717, 1.165) is 37.7 Å². The minimum atomic E-state index is -0.632. The maximum Gasteiger partial charge on any atom is 0.250 e. The lowest BCUT2D eigenvalue weighted by molar-refractivity contribution is 0.100. The van der Waals surface area contributed by atoms with Gasteiger partial charge < -0.3 is 5.73 Å². The fourth-order valence-corrected chi connectivity index (χ4v) is 5.17. The van der Waals surface area contributed by atoms with Gasteiger partial charge >= 0.3 is 0 Å². The van der Waals surface area contributed by atoms with E-state index in [-0.39, 0.29) is 20.6 Å². The van der Waals surface area contributed by atoms with Crippen LogP contribution in [0.1, 0.15) is 10.4 Å². The van der Waals surface area contributed by atoms with E-state index in [0.29, 0.717) is 10.4 Å². The third-order valence-corrected chi connectivity index (χ3v) is 6.79. The van der Waals surface area contributed by atoms with Crippen molar-refractivity contribution in [3.8, 4) is 0 Å². The fourth-order valence-electron chi connectivity index (χ4n) is 3.97. The number of halogens is 4. The van der Waals surface area contributed by atoms with E-state index >= 15 is 0 Å². The Hall–Kier alpha value is -1.97. The van der Waals surface area contributed by atoms with Gasteiger partial charge in [0.15, 0.2) is 0 Å². The summed E-state index contributed by atoms with van der Waals surface area (Å²) in [5.74, 6) is -0.632. The monoisotopic (exact) mass is 431 g/mol. The summed E-state index contributed by atoms with van der Waals surface area (Å²) < 4.78 is 0. The average molecular weight is 433 g/mol. The Balaban J connectivity index is 2.29. The van der Waals surface area contributed by atoms with Crippen molar-refractivity contribution in [2.45, 2.75) is 0 Å². The van der Waals surface area contributed by atoms with E-state index in [1.165, 1.54) is 0 Å². The summed E-state index contributed by atoms with van der Waals surface area (Å²) in [6, 6.07) is 13.7. The zero-order valence-electron chi connectivity index (χ0n) is 13.5. The molecule has 5 rings (SSSR count). The normalized spacial score (nSPS) is 12.0. The predicted octanol–water partition coefficient (Wildman–Crippen LogP) is 7.45. The van der Waals surface area contributed by atoms with E-state index < -0.39 is 5.91 Å². The predicted molar refractivity (Wildman–Crippen MR) is 116 cm³/mol. The molecule has 0 aliphatic heterocycles. The molecule has 0 saturated carbocycles. The van der Waals surface area contributed by atoms with E-state index in [2.05, 4.69) is 0 Å². The van der Waals surface area contributed by atoms with Gasteiger partial charge in [0.05, 0.1) is 25.7 Å². The van der Waals surface area contributed by atoms with Crippen molar-refractivity contribution in [3.63, 3.8) is 0 Å². The fraction of sp³-hybridized carbons (Fsp3) is 0. The minimum absolute atomic E-state index is 0.178. The number of primary amides is 1. The Morgan fingerprint density at radius 2 is 1.30 bits per heavy atom. The molecule has 0 radical (unpaired) electrons. The molecule has 132 valence electrons. The van der Waals surface area contributed by atoms with Gasteiger partial charge in [-0.15, -0.1) is 0 Å². The standard InChI is InChI=1S/C21H9Cl4NO/c22-17-12(21(26)27)7-11-9-5-1-3-8-4-2-6-10(13(8)9)15-14(11)16(17)19(24)20(25)18(15)23/h1-7H,(H2,26,27). The molecule has 27 heavy (non-hydrogen) atoms. The van der Waals surface area contributed by atoms with E-state index in [1.54, 1.807) is 6.07 Å². The third kappa shape index (κ3) is 2.13. The second kappa shape index (κ2) is 5.76. The Bertz CT molecular complexity index is 1440. The number of hydrogen-bond donors (Lipinski definition) is 1. The molecule has 6 heteroatoms. The highest BCUT2D eigenvalue weighted by molar-refractivity contribution is 6.57. The summed E-state index contributed by atoms with van der Waals surface area (Å²) >= 11 is 26.1. The topological polar surface area (TPSA) is 43.1 Å². The molecule has 0 heterocycles. The third-order valence-electron chi connectivity index (χ3n) is 5.07. The summed E-state index contributed by atoms with van der Waals surface area (Å²) in [5, 5.41) is 7.79. The second-order valence-corrected chi connectivity index (χ2v) is 7.94. The summed E-state index contributed by atoms with van der Waals surface area (Å²) in [6.45, 7) is 0. The van der Waals surface area contributed by atoms with Crippen LogP contribution in [0.25, 0.3) is 43.1 Å². The molecule has 0 atom stereocenters. The number of benzene rings is 5. The molecule has 0 bridgehead atoms. The molecule has 0 aromatic heterocycles. The van der Waals surface area contributed by atoms with Gasteiger partial charge in [0, 0.05) is 16.2 Å². The Kier molecular flexibility index (Phi) is 3.66. The van der Waals surface area contributed by atoms with Crippen molar-refractivity contribution in [2.24, 2.45) is 5.73 Å². The smallest absolute Gasteiger partial charge is 0.250 e. The number of hydrogen-bond acceptors (Lipinski definition) is 1. The maximum atomic E-state index is 12.0. The molecule has 1 amide bonds. The molecule has 2 nitrogen and oxygen atoms in total. The molecule has 0 unspecified atom stereocenters. The summed E-state index contributed by atoms with van der Waals surface area (Å²) in [5.41, 5.74) is 5.77. The molecule has 0 aliphatic carbocycles. The van der Waals surface area contributed by atoms with Crippen LogP contribution in [0.2, 0.25) is 20.1 Å². The largest absolute Gasteiger partial charge is 0.366 e. The second-order valence-electron chi connectivity index (χ2n) is 6.43. The lowest BCUT2D eigenvalue weighted by atomic mass is 9.88. The number of nitrogens with two attached hydrogens (primary N) is 1. The number of rotatable bonds is 1. The summed E-state index contributed by atoms with van der Waals surface area (Å²) in [4.78, 5) is 12.0. The van der Waals surface area contributed by atoms with Gasteiger partial charge in [-0.1, -0.05) is 82.8 Å². The first-order valence-electron chi connectivity index (χ1n) is 8.06. The van der Waals surface area contributed by atoms with Crippen molar-refractivity contribution >= 4 is 95.4 Å². The van der Waals surface area contributed by atoms with Crippen molar-refractivity contribution in [1.29, 1.82) is 0 Å². The van der Waals surface area contributed by atoms with E-state index in [4.69, 9.17) is 52.1 Å². The van der Waals surface area contributed by atoms with Crippen LogP contribution in [-0.2, 0) is 0 Å². The quantitative estimate of drug-likeness (QED) is 0.167. The van der Waals surface area contributed by atoms with Crippen LogP contribution < -0.4 is 5.73 Å². The van der Waals surface area contributed by atoms with Gasteiger partial charge in [0.25, 0.3) is 0 Å². The van der Waals surface area contributed by atoms with Gasteiger partial charge in [-0.05, 0) is 33.0 Å². The van der Waals surface area contributed by atoms with Gasteiger partial charge in [-0.25, -0.2) is 0 Å². The number of amides is 1. The van der Waals surface area contributed by atoms with Gasteiger partial charge in [0.2, 0.25) is 5.91 Å². The highest BCUT2D eigenvalue weighted by Crippen LogP contribution is 2.51. The Labute approximate surface area is 173 Å². The molecule has 0 fully saturated rings. The van der Waals surface area contributed by atoms with Crippen LogP contribution in [-0.4, -0.2) is 5.91 Å². The SMILES string of the molecule is NC(=O)c1cc2c3cccc4cccc(c5c(Cl)c(Cl)c(Cl)c(c1Cl)c25)c43. The molecule has 5 aromatic carbocycles. The first-order valence-corrected chi connectivity index (χ1v) is 9.58. The van der Waals surface area contributed by atoms with Crippen LogP contribution in [0.15, 0.2) is 42.5 Å². The Morgan fingerprint density at radius 1 is 0.667 bits per heavy atom. The van der Waals surface area contributed by atoms with E-state index in [1.807, 2.05) is 36.4 Å². The highest BCUT2D eigenvalue weighted by Gasteiger charge is 2.24. The average Bonchev–Trinajstić information content (AvgIpc) is 2.65. The number of fused-ring (bicyclic) bond motifs is 2. The van der Waals surface area contributed by atoms with Crippen LogP contribution in [0.3, 0.4) is 0 Å². The van der Waals surface area contributed by atoms with Crippen molar-refractivity contribution in [3.05, 3.63) is 68.1 Å². The number of carbonyl (C=O) groups is 1. The highest BCUT2D eigenvalue weighted by atomic mass is 35.5. The van der Waals surface area contributed by atoms with Crippen molar-refractivity contribution < 1.29 is 4.79 Å². The van der Waals surface area contributed by atoms with Crippen molar-refractivity contribution in [2.75, 3.05) is 0 Å². The van der Waals surface area contributed by atoms with Crippen molar-refractivity contribution in [1.82, 2.24) is 0 Å². The van der Waals surface area contributed by atoms with Crippen LogP contribution in [0.4, 0.5) is 0 Å². The first kappa shape index (κ1) is 17.2. The summed E-state index contributed by atoms with van der Waals surface area (Å²) in [7, 11) is 0. The van der Waals surface area contributed by atoms with Gasteiger partial charge in [0.1, 0.15) is 0 Å². The zero-order valence-corrected chi connectivity index (χ0v) is 16.6. The number of carbonyl (C=O) groups excluding carboxylic acids is 1. The van der Waals surface area contributed by atoms with Crippen LogP contribution >= 0.6 is 46.4 Å². The zero-order chi connectivity index (χ0) is 19.0. The van der Waals surface area contributed by atoms with Crippen LogP contribution in [0, 0.1) is 0 Å². The summed E-state index contributed by atoms with van der Waals surface area (Å²) in [6.07, 6.45) is 0.